The molecule has 0 saturated heterocycles. The predicted octanol–water partition coefficient (Wildman–Crippen LogP) is 4.60. The maximum Gasteiger partial charge on any atom is 0.416 e. The number of benzene rings is 1. The zero-order valence-corrected chi connectivity index (χ0v) is 15.1. The first-order valence-electron chi connectivity index (χ1n) is 8.33. The van der Waals surface area contributed by atoms with Gasteiger partial charge in [-0.3, -0.25) is 14.9 Å². The van der Waals surface area contributed by atoms with Gasteiger partial charge in [-0.25, -0.2) is 0 Å². The highest BCUT2D eigenvalue weighted by Crippen LogP contribution is 2.35. The van der Waals surface area contributed by atoms with Crippen molar-refractivity contribution in [3.63, 3.8) is 0 Å². The lowest BCUT2D eigenvalue weighted by Crippen LogP contribution is -2.39. The minimum atomic E-state index is -4.79. The number of anilines is 1. The zero-order valence-electron chi connectivity index (χ0n) is 15.1. The molecule has 13 heteroatoms. The Morgan fingerprint density at radius 2 is 1.87 bits per heavy atom. The van der Waals surface area contributed by atoms with Gasteiger partial charge in [0, 0.05) is 19.0 Å². The van der Waals surface area contributed by atoms with Gasteiger partial charge in [0.2, 0.25) is 5.91 Å². The summed E-state index contributed by atoms with van der Waals surface area (Å²) in [5.41, 5.74) is -2.40. The van der Waals surface area contributed by atoms with Crippen LogP contribution in [0, 0.1) is 10.1 Å². The first-order chi connectivity index (χ1) is 13.9. The van der Waals surface area contributed by atoms with E-state index in [0.717, 1.165) is 6.07 Å². The van der Waals surface area contributed by atoms with E-state index in [-0.39, 0.29) is 18.0 Å². The maximum atomic E-state index is 12.8. The molecule has 0 saturated carbocycles. The molecular formula is C17H15F6N3O4. The van der Waals surface area contributed by atoms with Crippen molar-refractivity contribution < 1.29 is 40.5 Å². The Labute approximate surface area is 165 Å². The van der Waals surface area contributed by atoms with Gasteiger partial charge in [-0.2, -0.15) is 26.3 Å². The molecule has 0 atom stereocenters. The molecule has 0 spiro atoms. The number of nitro benzene ring substituents is 1. The highest BCUT2D eigenvalue weighted by atomic mass is 19.4. The summed E-state index contributed by atoms with van der Waals surface area (Å²) in [6.07, 6.45) is -8.71. The van der Waals surface area contributed by atoms with Gasteiger partial charge in [0.15, 0.2) is 0 Å². The summed E-state index contributed by atoms with van der Waals surface area (Å²) in [6.45, 7) is -2.31. The van der Waals surface area contributed by atoms with E-state index in [2.05, 4.69) is 5.32 Å². The van der Waals surface area contributed by atoms with Crippen molar-refractivity contribution in [3.05, 3.63) is 58.0 Å². The second-order valence-electron chi connectivity index (χ2n) is 6.11. The number of nitrogens with zero attached hydrogens (tertiary/aromatic N) is 2. The first-order valence-corrected chi connectivity index (χ1v) is 8.33. The Morgan fingerprint density at radius 1 is 1.17 bits per heavy atom. The number of nitro groups is 1. The van der Waals surface area contributed by atoms with Crippen molar-refractivity contribution in [2.75, 3.05) is 18.4 Å². The van der Waals surface area contributed by atoms with Gasteiger partial charge in [-0.05, 0) is 24.3 Å². The van der Waals surface area contributed by atoms with Gasteiger partial charge in [0.25, 0.3) is 5.69 Å². The van der Waals surface area contributed by atoms with E-state index in [1.807, 2.05) is 0 Å². The number of amides is 1. The number of nitrogens with one attached hydrogen (secondary N) is 1. The molecule has 1 amide bonds. The molecule has 0 unspecified atom stereocenters. The Hall–Kier alpha value is -3.25. The highest BCUT2D eigenvalue weighted by Gasteiger charge is 2.34. The fourth-order valence-corrected chi connectivity index (χ4v) is 2.51. The summed E-state index contributed by atoms with van der Waals surface area (Å²) < 4.78 is 81.3. The van der Waals surface area contributed by atoms with Gasteiger partial charge in [0.05, 0.1) is 23.3 Å². The van der Waals surface area contributed by atoms with Crippen molar-refractivity contribution in [1.29, 1.82) is 0 Å². The van der Waals surface area contributed by atoms with Crippen LogP contribution in [0.15, 0.2) is 41.0 Å². The quantitative estimate of drug-likeness (QED) is 0.369. The van der Waals surface area contributed by atoms with E-state index < -0.39 is 53.9 Å². The molecule has 0 aliphatic heterocycles. The van der Waals surface area contributed by atoms with Crippen LogP contribution in [-0.2, 0) is 17.5 Å². The van der Waals surface area contributed by atoms with Gasteiger partial charge in [-0.1, -0.05) is 0 Å². The number of hydrogen-bond donors (Lipinski definition) is 1. The Balaban J connectivity index is 2.06. The SMILES string of the molecule is O=C(CCNc1ccc(C(F)(F)F)cc1[N+](=O)[O-])N(Cc1ccco1)CC(F)(F)F. The topological polar surface area (TPSA) is 88.6 Å². The Morgan fingerprint density at radius 3 is 2.40 bits per heavy atom. The summed E-state index contributed by atoms with van der Waals surface area (Å²) in [4.78, 5) is 22.7. The predicted molar refractivity (Wildman–Crippen MR) is 91.4 cm³/mol. The third-order valence-electron chi connectivity index (χ3n) is 3.83. The summed E-state index contributed by atoms with van der Waals surface area (Å²) in [5.74, 6) is -0.801. The second kappa shape index (κ2) is 9.05. The molecule has 0 radical (unpaired) electrons. The van der Waals surface area contributed by atoms with Crippen molar-refractivity contribution >= 4 is 17.3 Å². The fourth-order valence-electron chi connectivity index (χ4n) is 2.51. The lowest BCUT2D eigenvalue weighted by molar-refractivity contribution is -0.384. The molecule has 1 heterocycles. The molecule has 0 aliphatic carbocycles. The zero-order chi connectivity index (χ0) is 22.5. The van der Waals surface area contributed by atoms with E-state index in [4.69, 9.17) is 4.42 Å². The lowest BCUT2D eigenvalue weighted by Gasteiger charge is -2.23. The van der Waals surface area contributed by atoms with Crippen LogP contribution in [0.1, 0.15) is 17.7 Å². The smallest absolute Gasteiger partial charge is 0.416 e. The van der Waals surface area contributed by atoms with Gasteiger partial charge < -0.3 is 14.6 Å². The Bertz CT molecular complexity index is 881. The van der Waals surface area contributed by atoms with Crippen LogP contribution in [-0.4, -0.2) is 35.0 Å². The molecule has 1 N–H and O–H groups in total. The summed E-state index contributed by atoms with van der Waals surface area (Å²) >= 11 is 0. The van der Waals surface area contributed by atoms with E-state index in [9.17, 15) is 41.3 Å². The van der Waals surface area contributed by atoms with Gasteiger partial charge in [-0.15, -0.1) is 0 Å². The van der Waals surface area contributed by atoms with E-state index in [1.165, 1.54) is 18.4 Å². The number of carbonyl (C=O) groups is 1. The average Bonchev–Trinajstić information content (AvgIpc) is 3.12. The normalized spacial score (nSPS) is 11.9. The molecule has 0 aliphatic rings. The minimum absolute atomic E-state index is 0.124. The summed E-state index contributed by atoms with van der Waals surface area (Å²) in [7, 11) is 0. The van der Waals surface area contributed by atoms with Crippen LogP contribution in [0.2, 0.25) is 0 Å². The molecule has 0 bridgehead atoms. The van der Waals surface area contributed by atoms with E-state index in [1.54, 1.807) is 0 Å². The Kier molecular flexibility index (Phi) is 6.95. The third-order valence-corrected chi connectivity index (χ3v) is 3.83. The fraction of sp³-hybridized carbons (Fsp3) is 0.353. The van der Waals surface area contributed by atoms with Crippen LogP contribution in [0.25, 0.3) is 0 Å². The number of halogens is 6. The molecular weight excluding hydrogens is 424 g/mol. The molecule has 1 aromatic heterocycles. The molecule has 164 valence electrons. The van der Waals surface area contributed by atoms with Crippen molar-refractivity contribution in [2.24, 2.45) is 0 Å². The first kappa shape index (κ1) is 23.0. The van der Waals surface area contributed by atoms with Crippen molar-refractivity contribution in [3.8, 4) is 0 Å². The van der Waals surface area contributed by atoms with Crippen molar-refractivity contribution in [2.45, 2.75) is 25.3 Å². The third kappa shape index (κ3) is 6.67. The van der Waals surface area contributed by atoms with Crippen LogP contribution in [0.5, 0.6) is 0 Å². The van der Waals surface area contributed by atoms with E-state index >= 15 is 0 Å². The standard InChI is InChI=1S/C17H15F6N3O4/c18-16(19,20)10-25(9-12-2-1-7-30-12)15(27)5-6-24-13-4-3-11(17(21,22)23)8-14(13)26(28)29/h1-4,7-8,24H,5-6,9-10H2. The highest BCUT2D eigenvalue weighted by molar-refractivity contribution is 5.77. The number of rotatable bonds is 8. The second-order valence-corrected chi connectivity index (χ2v) is 6.11. The monoisotopic (exact) mass is 439 g/mol. The average molecular weight is 439 g/mol. The maximum absolute atomic E-state index is 12.8. The lowest BCUT2D eigenvalue weighted by atomic mass is 10.1. The summed E-state index contributed by atoms with van der Waals surface area (Å²) in [6, 6.07) is 4.60. The molecule has 2 aromatic rings. The summed E-state index contributed by atoms with van der Waals surface area (Å²) in [5, 5.41) is 13.4. The minimum Gasteiger partial charge on any atom is -0.467 e. The number of carbonyl (C=O) groups excluding carboxylic acids is 1. The number of alkyl halides is 6. The molecule has 1 aromatic carbocycles. The van der Waals surface area contributed by atoms with Gasteiger partial charge >= 0.3 is 12.4 Å². The van der Waals surface area contributed by atoms with Crippen molar-refractivity contribution in [1.82, 2.24) is 4.90 Å². The van der Waals surface area contributed by atoms with E-state index in [0.29, 0.717) is 17.0 Å². The number of furan rings is 1. The molecule has 30 heavy (non-hydrogen) atoms. The molecule has 0 fully saturated rings. The van der Waals surface area contributed by atoms with Crippen LogP contribution < -0.4 is 5.32 Å². The van der Waals surface area contributed by atoms with Crippen LogP contribution >= 0.6 is 0 Å². The molecule has 2 rings (SSSR count). The molecule has 7 nitrogen and oxygen atoms in total. The largest absolute Gasteiger partial charge is 0.467 e. The number of hydrogen-bond acceptors (Lipinski definition) is 5. The van der Waals surface area contributed by atoms with Crippen LogP contribution in [0.4, 0.5) is 37.7 Å². The van der Waals surface area contributed by atoms with Crippen LogP contribution in [0.3, 0.4) is 0 Å². The van der Waals surface area contributed by atoms with Gasteiger partial charge in [0.1, 0.15) is 18.0 Å².